The van der Waals surface area contributed by atoms with Crippen LogP contribution in [0.2, 0.25) is 0 Å². The Hall–Kier alpha value is -1.61. The zero-order valence-corrected chi connectivity index (χ0v) is 12.4. The first-order chi connectivity index (χ1) is 9.72. The zero-order valence-electron chi connectivity index (χ0n) is 10.8. The van der Waals surface area contributed by atoms with Crippen molar-refractivity contribution < 1.29 is 9.53 Å². The highest BCUT2D eigenvalue weighted by Gasteiger charge is 2.40. The maximum atomic E-state index is 12.7. The highest BCUT2D eigenvalue weighted by Crippen LogP contribution is 2.38. The Balaban J connectivity index is 1.77. The third kappa shape index (κ3) is 1.80. The highest BCUT2D eigenvalue weighted by molar-refractivity contribution is 9.10. The van der Waals surface area contributed by atoms with Crippen molar-refractivity contribution in [3.05, 3.63) is 63.6 Å². The largest absolute Gasteiger partial charge is 0.489 e. The van der Waals surface area contributed by atoms with Gasteiger partial charge in [-0.25, -0.2) is 0 Å². The lowest BCUT2D eigenvalue weighted by Crippen LogP contribution is -2.43. The van der Waals surface area contributed by atoms with Crippen LogP contribution in [0.25, 0.3) is 0 Å². The number of hydrogen-bond acceptors (Lipinski definition) is 2. The van der Waals surface area contributed by atoms with Gasteiger partial charge in [0.15, 0.2) is 5.78 Å². The molecule has 0 saturated heterocycles. The summed E-state index contributed by atoms with van der Waals surface area (Å²) in [6.07, 6.45) is 1.58. The van der Waals surface area contributed by atoms with Crippen LogP contribution in [0.15, 0.2) is 46.9 Å². The van der Waals surface area contributed by atoms with Gasteiger partial charge in [-0.15, -0.1) is 0 Å². The fourth-order valence-corrected chi connectivity index (χ4v) is 3.59. The van der Waals surface area contributed by atoms with E-state index in [-0.39, 0.29) is 17.8 Å². The lowest BCUT2D eigenvalue weighted by atomic mass is 9.76. The Morgan fingerprint density at radius 3 is 2.60 bits per heavy atom. The van der Waals surface area contributed by atoms with Crippen molar-refractivity contribution in [2.24, 2.45) is 5.92 Å². The summed E-state index contributed by atoms with van der Waals surface area (Å²) in [5.74, 6) is 0.887. The second kappa shape index (κ2) is 4.45. The number of hydrogen-bond donors (Lipinski definition) is 0. The van der Waals surface area contributed by atoms with E-state index in [1.807, 2.05) is 24.3 Å². The van der Waals surface area contributed by atoms with E-state index in [0.29, 0.717) is 5.56 Å². The number of ketones is 1. The lowest BCUT2D eigenvalue weighted by molar-refractivity contribution is 0.0634. The minimum atomic E-state index is -0.0494. The van der Waals surface area contributed by atoms with Gasteiger partial charge in [0, 0.05) is 10.9 Å². The molecule has 3 heteroatoms. The van der Waals surface area contributed by atoms with Crippen molar-refractivity contribution in [2.75, 3.05) is 0 Å². The Labute approximate surface area is 125 Å². The van der Waals surface area contributed by atoms with Gasteiger partial charge in [-0.1, -0.05) is 40.2 Å². The van der Waals surface area contributed by atoms with Crippen molar-refractivity contribution in [1.82, 2.24) is 0 Å². The molecule has 0 fully saturated rings. The van der Waals surface area contributed by atoms with E-state index in [1.165, 1.54) is 11.1 Å². The fourth-order valence-electron chi connectivity index (χ4n) is 3.23. The molecule has 2 aromatic rings. The van der Waals surface area contributed by atoms with E-state index < -0.39 is 0 Å². The minimum absolute atomic E-state index is 0.0222. The molecule has 100 valence electrons. The molecule has 0 aromatic heterocycles. The predicted octanol–water partition coefficient (Wildman–Crippen LogP) is 3.81. The molecule has 0 bridgehead atoms. The molecule has 2 atom stereocenters. The monoisotopic (exact) mass is 328 g/mol. The minimum Gasteiger partial charge on any atom is -0.489 e. The molecule has 0 amide bonds. The Bertz CT molecular complexity index is 708. The number of halogens is 1. The Kier molecular flexibility index (Phi) is 2.71. The van der Waals surface area contributed by atoms with Crippen molar-refractivity contribution in [3.8, 4) is 5.75 Å². The van der Waals surface area contributed by atoms with Gasteiger partial charge in [0.2, 0.25) is 0 Å². The number of fused-ring (bicyclic) bond motifs is 3. The summed E-state index contributed by atoms with van der Waals surface area (Å²) in [5, 5.41) is 0. The van der Waals surface area contributed by atoms with Crippen LogP contribution in [0.1, 0.15) is 21.5 Å². The average molecular weight is 329 g/mol. The van der Waals surface area contributed by atoms with Gasteiger partial charge >= 0.3 is 0 Å². The van der Waals surface area contributed by atoms with E-state index >= 15 is 0 Å². The standard InChI is InChI=1S/C17H13BrO2/c18-12-5-6-15-14(9-12)17(19)13-7-10-3-1-2-4-11(10)8-16(13)20-15/h1-6,9,13,16H,7-8H2/t13-,16+/m0/s1. The van der Waals surface area contributed by atoms with Crippen molar-refractivity contribution in [3.63, 3.8) is 0 Å². The average Bonchev–Trinajstić information content (AvgIpc) is 2.47. The third-order valence-electron chi connectivity index (χ3n) is 4.25. The molecule has 0 N–H and O–H groups in total. The quantitative estimate of drug-likeness (QED) is 0.735. The first-order valence-corrected chi connectivity index (χ1v) is 7.59. The summed E-state index contributed by atoms with van der Waals surface area (Å²) in [6, 6.07) is 14.0. The van der Waals surface area contributed by atoms with Crippen LogP contribution in [0.3, 0.4) is 0 Å². The van der Waals surface area contributed by atoms with E-state index in [9.17, 15) is 4.79 Å². The van der Waals surface area contributed by atoms with E-state index in [4.69, 9.17) is 4.74 Å². The number of ether oxygens (including phenoxy) is 1. The van der Waals surface area contributed by atoms with Crippen molar-refractivity contribution >= 4 is 21.7 Å². The molecule has 20 heavy (non-hydrogen) atoms. The lowest BCUT2D eigenvalue weighted by Gasteiger charge is -2.36. The number of carbonyl (C=O) groups excluding carboxylic acids is 1. The molecule has 0 spiro atoms. The molecule has 0 radical (unpaired) electrons. The highest BCUT2D eigenvalue weighted by atomic mass is 79.9. The number of Topliss-reactive ketones (excluding diaryl/α,β-unsaturated/α-hetero) is 1. The fraction of sp³-hybridized carbons (Fsp3) is 0.235. The molecule has 2 nitrogen and oxygen atoms in total. The number of benzene rings is 2. The second-order valence-electron chi connectivity index (χ2n) is 5.44. The molecule has 0 unspecified atom stereocenters. The van der Waals surface area contributed by atoms with Crippen LogP contribution in [0.5, 0.6) is 5.75 Å². The van der Waals surface area contributed by atoms with Gasteiger partial charge in [-0.2, -0.15) is 0 Å². The van der Waals surface area contributed by atoms with Crippen molar-refractivity contribution in [1.29, 1.82) is 0 Å². The van der Waals surface area contributed by atoms with Crippen LogP contribution in [-0.4, -0.2) is 11.9 Å². The summed E-state index contributed by atoms with van der Waals surface area (Å²) in [5.41, 5.74) is 3.30. The smallest absolute Gasteiger partial charge is 0.173 e. The van der Waals surface area contributed by atoms with Crippen LogP contribution < -0.4 is 4.74 Å². The molecule has 0 saturated carbocycles. The molecule has 1 heterocycles. The molecule has 1 aliphatic heterocycles. The SMILES string of the molecule is O=C1c2cc(Br)ccc2O[C@@H]2Cc3ccccc3C[C@H]12. The van der Waals surface area contributed by atoms with Crippen LogP contribution in [0.4, 0.5) is 0 Å². The third-order valence-corrected chi connectivity index (χ3v) is 4.74. The van der Waals surface area contributed by atoms with E-state index in [0.717, 1.165) is 23.1 Å². The molecular formula is C17H13BrO2. The maximum Gasteiger partial charge on any atom is 0.173 e. The van der Waals surface area contributed by atoms with E-state index in [2.05, 4.69) is 34.1 Å². The predicted molar refractivity (Wildman–Crippen MR) is 80.2 cm³/mol. The first kappa shape index (κ1) is 12.2. The summed E-state index contributed by atoms with van der Waals surface area (Å²) < 4.78 is 7.00. The number of rotatable bonds is 0. The summed E-state index contributed by atoms with van der Waals surface area (Å²) >= 11 is 3.42. The topological polar surface area (TPSA) is 26.3 Å². The van der Waals surface area contributed by atoms with Crippen molar-refractivity contribution in [2.45, 2.75) is 18.9 Å². The molecular weight excluding hydrogens is 316 g/mol. The molecule has 1 aliphatic carbocycles. The Morgan fingerprint density at radius 1 is 1.05 bits per heavy atom. The maximum absolute atomic E-state index is 12.7. The number of carbonyl (C=O) groups is 1. The van der Waals surface area contributed by atoms with Gasteiger partial charge in [0.05, 0.1) is 11.5 Å². The molecule has 4 rings (SSSR count). The molecule has 2 aromatic carbocycles. The van der Waals surface area contributed by atoms with Gasteiger partial charge < -0.3 is 4.74 Å². The van der Waals surface area contributed by atoms with Gasteiger partial charge in [0.25, 0.3) is 0 Å². The van der Waals surface area contributed by atoms with Gasteiger partial charge in [-0.3, -0.25) is 4.79 Å². The first-order valence-electron chi connectivity index (χ1n) is 6.79. The van der Waals surface area contributed by atoms with E-state index in [1.54, 1.807) is 0 Å². The summed E-state index contributed by atoms with van der Waals surface area (Å²) in [7, 11) is 0. The second-order valence-corrected chi connectivity index (χ2v) is 6.36. The normalized spacial score (nSPS) is 23.4. The molecule has 2 aliphatic rings. The Morgan fingerprint density at radius 2 is 1.80 bits per heavy atom. The zero-order chi connectivity index (χ0) is 13.7. The summed E-state index contributed by atoms with van der Waals surface area (Å²) in [4.78, 5) is 12.7. The van der Waals surface area contributed by atoms with Gasteiger partial charge in [0.1, 0.15) is 11.9 Å². The van der Waals surface area contributed by atoms with Gasteiger partial charge in [-0.05, 0) is 35.7 Å². The summed E-state index contributed by atoms with van der Waals surface area (Å²) in [6.45, 7) is 0. The van der Waals surface area contributed by atoms with Crippen LogP contribution >= 0.6 is 15.9 Å². The van der Waals surface area contributed by atoms with Crippen LogP contribution in [0, 0.1) is 5.92 Å². The van der Waals surface area contributed by atoms with Crippen LogP contribution in [-0.2, 0) is 12.8 Å².